The Morgan fingerprint density at radius 3 is 1.79 bits per heavy atom. The minimum absolute atomic E-state index is 0.0140. The minimum atomic E-state index is -0.440. The molecule has 0 aliphatic heterocycles. The van der Waals surface area contributed by atoms with Gasteiger partial charge in [0.05, 0.1) is 12.0 Å². The van der Waals surface area contributed by atoms with Gasteiger partial charge >= 0.3 is 5.97 Å². The highest BCUT2D eigenvalue weighted by Gasteiger charge is 2.36. The number of esters is 1. The smallest absolute Gasteiger partial charge is 0.309 e. The molecule has 0 aromatic heterocycles. The van der Waals surface area contributed by atoms with Crippen molar-refractivity contribution in [2.45, 2.75) is 136 Å². The SMILES string of the molecule is CCCCCC1CCC(C(=O)O[C@H](c2ccccc2)[C@H](C)N(C)C(=O)C2CCC(CCCCC)CC2)CC1. The summed E-state index contributed by atoms with van der Waals surface area (Å²) >= 11 is 0. The van der Waals surface area contributed by atoms with E-state index in [-0.39, 0.29) is 29.8 Å². The summed E-state index contributed by atoms with van der Waals surface area (Å²) in [5.41, 5.74) is 0.973. The van der Waals surface area contributed by atoms with Crippen molar-refractivity contribution in [3.05, 3.63) is 35.9 Å². The third-order valence-corrected chi connectivity index (χ3v) is 9.58. The molecule has 0 radical (unpaired) electrons. The van der Waals surface area contributed by atoms with Crippen molar-refractivity contribution in [3.8, 4) is 0 Å². The van der Waals surface area contributed by atoms with Crippen molar-refractivity contribution in [2.75, 3.05) is 7.05 Å². The Balaban J connectivity index is 1.57. The van der Waals surface area contributed by atoms with Gasteiger partial charge in [0.1, 0.15) is 6.10 Å². The fourth-order valence-corrected chi connectivity index (χ4v) is 6.75. The van der Waals surface area contributed by atoms with Crippen LogP contribution in [0.5, 0.6) is 0 Å². The van der Waals surface area contributed by atoms with Crippen molar-refractivity contribution in [1.29, 1.82) is 0 Å². The zero-order valence-electron chi connectivity index (χ0n) is 24.8. The summed E-state index contributed by atoms with van der Waals surface area (Å²) < 4.78 is 6.27. The van der Waals surface area contributed by atoms with Gasteiger partial charge in [-0.15, -0.1) is 0 Å². The molecule has 1 aromatic carbocycles. The highest BCUT2D eigenvalue weighted by molar-refractivity contribution is 5.79. The Hall–Kier alpha value is -1.84. The van der Waals surface area contributed by atoms with Gasteiger partial charge in [0.25, 0.3) is 0 Å². The molecule has 0 saturated heterocycles. The number of carbonyl (C=O) groups is 2. The van der Waals surface area contributed by atoms with E-state index in [9.17, 15) is 9.59 Å². The molecule has 0 heterocycles. The molecule has 4 heteroatoms. The number of hydrogen-bond acceptors (Lipinski definition) is 3. The van der Waals surface area contributed by atoms with E-state index < -0.39 is 6.10 Å². The van der Waals surface area contributed by atoms with Crippen molar-refractivity contribution in [3.63, 3.8) is 0 Å². The van der Waals surface area contributed by atoms with E-state index in [2.05, 4.69) is 13.8 Å². The highest BCUT2D eigenvalue weighted by atomic mass is 16.5. The molecule has 0 spiro atoms. The predicted octanol–water partition coefficient (Wildman–Crippen LogP) is 8.89. The van der Waals surface area contributed by atoms with Crippen LogP contribution in [-0.4, -0.2) is 29.9 Å². The third kappa shape index (κ3) is 9.12. The molecular weight excluding hydrogens is 470 g/mol. The normalized spacial score (nSPS) is 25.4. The van der Waals surface area contributed by atoms with Gasteiger partial charge < -0.3 is 9.64 Å². The second kappa shape index (κ2) is 16.3. The number of benzene rings is 1. The van der Waals surface area contributed by atoms with Gasteiger partial charge in [0.15, 0.2) is 0 Å². The molecule has 0 N–H and O–H groups in total. The van der Waals surface area contributed by atoms with E-state index in [4.69, 9.17) is 4.74 Å². The molecule has 38 heavy (non-hydrogen) atoms. The molecule has 0 unspecified atom stereocenters. The summed E-state index contributed by atoms with van der Waals surface area (Å²) in [6, 6.07) is 9.82. The fraction of sp³-hybridized carbons (Fsp3) is 0.765. The lowest BCUT2D eigenvalue weighted by atomic mass is 9.79. The zero-order chi connectivity index (χ0) is 27.3. The van der Waals surface area contributed by atoms with E-state index in [0.717, 1.165) is 55.9 Å². The van der Waals surface area contributed by atoms with Crippen molar-refractivity contribution < 1.29 is 14.3 Å². The van der Waals surface area contributed by atoms with Gasteiger partial charge in [-0.2, -0.15) is 0 Å². The second-order valence-electron chi connectivity index (χ2n) is 12.4. The predicted molar refractivity (Wildman–Crippen MR) is 157 cm³/mol. The van der Waals surface area contributed by atoms with Crippen LogP contribution in [0.3, 0.4) is 0 Å². The Kier molecular flexibility index (Phi) is 13.2. The average Bonchev–Trinajstić information content (AvgIpc) is 2.96. The number of likely N-dealkylation sites (N-methyl/N-ethyl adjacent to an activating group) is 1. The first kappa shape index (κ1) is 30.7. The van der Waals surface area contributed by atoms with Gasteiger partial charge in [-0.25, -0.2) is 0 Å². The van der Waals surface area contributed by atoms with E-state index in [1.807, 2.05) is 49.2 Å². The molecule has 1 aromatic rings. The number of hydrogen-bond donors (Lipinski definition) is 0. The summed E-state index contributed by atoms with van der Waals surface area (Å²) in [6.07, 6.45) is 18.4. The molecular formula is C34H55NO3. The topological polar surface area (TPSA) is 46.6 Å². The van der Waals surface area contributed by atoms with Gasteiger partial charge in [0.2, 0.25) is 5.91 Å². The summed E-state index contributed by atoms with van der Waals surface area (Å²) in [4.78, 5) is 28.8. The summed E-state index contributed by atoms with van der Waals surface area (Å²) in [6.45, 7) is 6.55. The molecule has 2 saturated carbocycles. The van der Waals surface area contributed by atoms with Crippen LogP contribution in [0.15, 0.2) is 30.3 Å². The first-order valence-corrected chi connectivity index (χ1v) is 16.0. The van der Waals surface area contributed by atoms with Crippen molar-refractivity contribution in [2.24, 2.45) is 23.7 Å². The van der Waals surface area contributed by atoms with Crippen molar-refractivity contribution >= 4 is 11.9 Å². The van der Waals surface area contributed by atoms with Gasteiger partial charge in [-0.1, -0.05) is 95.5 Å². The number of nitrogens with zero attached hydrogens (tertiary/aromatic N) is 1. The molecule has 2 atom stereocenters. The molecule has 2 fully saturated rings. The third-order valence-electron chi connectivity index (χ3n) is 9.58. The van der Waals surface area contributed by atoms with Crippen LogP contribution in [0.4, 0.5) is 0 Å². The number of carbonyl (C=O) groups excluding carboxylic acids is 2. The van der Waals surface area contributed by atoms with E-state index in [1.165, 1.54) is 64.2 Å². The lowest BCUT2D eigenvalue weighted by molar-refractivity contribution is -0.162. The molecule has 2 aliphatic rings. The van der Waals surface area contributed by atoms with Crippen LogP contribution >= 0.6 is 0 Å². The number of ether oxygens (including phenoxy) is 1. The fourth-order valence-electron chi connectivity index (χ4n) is 6.75. The van der Waals surface area contributed by atoms with E-state index in [0.29, 0.717) is 0 Å². The van der Waals surface area contributed by atoms with E-state index in [1.54, 1.807) is 0 Å². The van der Waals surface area contributed by atoms with Gasteiger partial charge in [0, 0.05) is 13.0 Å². The molecule has 3 rings (SSSR count). The first-order valence-electron chi connectivity index (χ1n) is 16.0. The largest absolute Gasteiger partial charge is 0.455 e. The van der Waals surface area contributed by atoms with Crippen LogP contribution in [-0.2, 0) is 14.3 Å². The average molecular weight is 526 g/mol. The lowest BCUT2D eigenvalue weighted by Crippen LogP contribution is -2.44. The molecule has 4 nitrogen and oxygen atoms in total. The second-order valence-corrected chi connectivity index (χ2v) is 12.4. The Bertz CT molecular complexity index is 808. The highest BCUT2D eigenvalue weighted by Crippen LogP contribution is 2.36. The summed E-state index contributed by atoms with van der Waals surface area (Å²) in [5.74, 6) is 1.77. The maximum atomic E-state index is 13.6. The maximum absolute atomic E-state index is 13.6. The summed E-state index contributed by atoms with van der Waals surface area (Å²) in [7, 11) is 1.91. The van der Waals surface area contributed by atoms with Crippen LogP contribution < -0.4 is 0 Å². The Morgan fingerprint density at radius 2 is 1.29 bits per heavy atom. The molecule has 0 bridgehead atoms. The van der Waals surface area contributed by atoms with Crippen LogP contribution in [0, 0.1) is 23.7 Å². The molecule has 2 aliphatic carbocycles. The molecule has 214 valence electrons. The molecule has 1 amide bonds. The van der Waals surface area contributed by atoms with Crippen LogP contribution in [0.25, 0.3) is 0 Å². The number of rotatable bonds is 14. The van der Waals surface area contributed by atoms with Crippen LogP contribution in [0.2, 0.25) is 0 Å². The van der Waals surface area contributed by atoms with Gasteiger partial charge in [-0.3, -0.25) is 9.59 Å². The van der Waals surface area contributed by atoms with Gasteiger partial charge in [-0.05, 0) is 75.7 Å². The Labute approximate surface area is 233 Å². The lowest BCUT2D eigenvalue weighted by Gasteiger charge is -2.37. The monoisotopic (exact) mass is 525 g/mol. The Morgan fingerprint density at radius 1 is 0.789 bits per heavy atom. The quantitative estimate of drug-likeness (QED) is 0.180. The first-order chi connectivity index (χ1) is 18.4. The maximum Gasteiger partial charge on any atom is 0.309 e. The minimum Gasteiger partial charge on any atom is -0.455 e. The number of amides is 1. The van der Waals surface area contributed by atoms with Crippen molar-refractivity contribution in [1.82, 2.24) is 4.90 Å². The zero-order valence-corrected chi connectivity index (χ0v) is 24.8. The van der Waals surface area contributed by atoms with Crippen LogP contribution in [0.1, 0.15) is 135 Å². The number of unbranched alkanes of at least 4 members (excludes halogenated alkanes) is 4. The summed E-state index contributed by atoms with van der Waals surface area (Å²) in [5, 5.41) is 0. The standard InChI is InChI=1S/C34H55NO3/c1-5-7-10-14-27-18-22-30(23-19-27)33(36)35(4)26(3)32(29-16-12-9-13-17-29)38-34(37)31-24-20-28(21-25-31)15-11-8-6-2/h9,12-13,16-17,26-28,30-32H,5-8,10-11,14-15,18-25H2,1-4H3/t26-,27?,28?,30?,31?,32-/m0/s1. The van der Waals surface area contributed by atoms with E-state index >= 15 is 0 Å².